The van der Waals surface area contributed by atoms with E-state index in [0.29, 0.717) is 5.65 Å². The summed E-state index contributed by atoms with van der Waals surface area (Å²) in [6.45, 7) is 0. The number of pyridine rings is 2. The second-order valence-corrected chi connectivity index (χ2v) is 6.68. The topological polar surface area (TPSA) is 110 Å². The quantitative estimate of drug-likeness (QED) is 0.421. The second kappa shape index (κ2) is 6.01. The van der Waals surface area contributed by atoms with Crippen LogP contribution in [-0.4, -0.2) is 25.1 Å². The molecule has 0 atom stereocenters. The zero-order valence-electron chi connectivity index (χ0n) is 14.4. The fraction of sp³-hybridized carbons (Fsp3) is 0.211. The molecule has 3 heterocycles. The van der Waals surface area contributed by atoms with Gasteiger partial charge in [-0.25, -0.2) is 4.98 Å². The van der Waals surface area contributed by atoms with Crippen LogP contribution in [0.3, 0.4) is 0 Å². The predicted octanol–water partition coefficient (Wildman–Crippen LogP) is 4.04. The van der Waals surface area contributed by atoms with E-state index in [9.17, 15) is 10.1 Å². The van der Waals surface area contributed by atoms with Gasteiger partial charge in [-0.1, -0.05) is 0 Å². The summed E-state index contributed by atoms with van der Waals surface area (Å²) >= 11 is 0. The zero-order valence-corrected chi connectivity index (χ0v) is 14.4. The first-order valence-corrected chi connectivity index (χ1v) is 8.87. The molecule has 0 spiro atoms. The molecule has 1 aromatic carbocycles. The van der Waals surface area contributed by atoms with Gasteiger partial charge in [0.15, 0.2) is 5.65 Å². The summed E-state index contributed by atoms with van der Waals surface area (Å²) in [5.41, 5.74) is 4.49. The smallest absolute Gasteiger partial charge is 0.270 e. The number of aryl methyl sites for hydroxylation is 1. The van der Waals surface area contributed by atoms with Crippen molar-refractivity contribution >= 4 is 39.1 Å². The minimum Gasteiger partial charge on any atom is -0.339 e. The van der Waals surface area contributed by atoms with Crippen molar-refractivity contribution in [2.45, 2.75) is 25.7 Å². The van der Waals surface area contributed by atoms with Gasteiger partial charge < -0.3 is 5.32 Å². The van der Waals surface area contributed by atoms with E-state index in [0.717, 1.165) is 64.7 Å². The van der Waals surface area contributed by atoms with E-state index in [1.165, 1.54) is 6.07 Å². The fourth-order valence-corrected chi connectivity index (χ4v) is 3.74. The lowest BCUT2D eigenvalue weighted by Gasteiger charge is -2.21. The van der Waals surface area contributed by atoms with Crippen molar-refractivity contribution in [2.24, 2.45) is 0 Å². The van der Waals surface area contributed by atoms with Crippen molar-refractivity contribution in [1.82, 2.24) is 20.2 Å². The van der Waals surface area contributed by atoms with Gasteiger partial charge >= 0.3 is 0 Å². The highest BCUT2D eigenvalue weighted by molar-refractivity contribution is 5.99. The van der Waals surface area contributed by atoms with Gasteiger partial charge in [0.2, 0.25) is 0 Å². The Hall–Kier alpha value is -3.55. The van der Waals surface area contributed by atoms with Gasteiger partial charge in [-0.05, 0) is 49.4 Å². The number of rotatable bonds is 3. The Balaban J connectivity index is 1.75. The molecule has 27 heavy (non-hydrogen) atoms. The molecule has 5 rings (SSSR count). The summed E-state index contributed by atoms with van der Waals surface area (Å²) in [6, 6.07) is 8.61. The normalized spacial score (nSPS) is 13.6. The highest BCUT2D eigenvalue weighted by atomic mass is 16.6. The fourth-order valence-electron chi connectivity index (χ4n) is 3.74. The van der Waals surface area contributed by atoms with Crippen molar-refractivity contribution in [2.75, 3.05) is 5.32 Å². The Morgan fingerprint density at radius 3 is 2.93 bits per heavy atom. The Labute approximate surface area is 153 Å². The molecular formula is C19H16N6O2. The maximum absolute atomic E-state index is 11.3. The maximum atomic E-state index is 11.3. The molecule has 2 N–H and O–H groups in total. The van der Waals surface area contributed by atoms with Crippen molar-refractivity contribution in [3.05, 3.63) is 57.9 Å². The number of hydrogen-bond acceptors (Lipinski definition) is 6. The molecule has 1 aliphatic carbocycles. The van der Waals surface area contributed by atoms with E-state index in [-0.39, 0.29) is 10.6 Å². The third kappa shape index (κ3) is 2.57. The van der Waals surface area contributed by atoms with E-state index in [1.807, 2.05) is 12.1 Å². The number of non-ortho nitro benzene ring substituents is 1. The molecule has 3 aromatic heterocycles. The number of nitrogens with zero attached hydrogens (tertiary/aromatic N) is 4. The standard InChI is InChI=1S/C19H16N6O2/c26-25(27)11-7-8-16-14(10-11)17(12-4-1-2-6-15(12)21-16)22-19-13-5-3-9-20-18(13)23-24-19/h3,5,7-10H,1-2,4,6H2,(H2,20,21,22,23,24). The Bertz CT molecular complexity index is 1200. The molecule has 8 nitrogen and oxygen atoms in total. The summed E-state index contributed by atoms with van der Waals surface area (Å²) in [5.74, 6) is 0.727. The van der Waals surface area contributed by atoms with Crippen LogP contribution < -0.4 is 5.32 Å². The third-order valence-electron chi connectivity index (χ3n) is 5.04. The van der Waals surface area contributed by atoms with Crippen LogP contribution in [0.5, 0.6) is 0 Å². The molecule has 0 saturated carbocycles. The number of anilines is 2. The highest BCUT2D eigenvalue weighted by Crippen LogP contribution is 2.37. The number of fused-ring (bicyclic) bond motifs is 3. The van der Waals surface area contributed by atoms with Crippen LogP contribution in [-0.2, 0) is 12.8 Å². The Morgan fingerprint density at radius 1 is 1.15 bits per heavy atom. The van der Waals surface area contributed by atoms with Crippen LogP contribution >= 0.6 is 0 Å². The lowest BCUT2D eigenvalue weighted by atomic mass is 9.92. The third-order valence-corrected chi connectivity index (χ3v) is 5.04. The number of nitro benzene ring substituents is 1. The first-order chi connectivity index (χ1) is 13.2. The first-order valence-electron chi connectivity index (χ1n) is 8.87. The van der Waals surface area contributed by atoms with Gasteiger partial charge in [-0.15, -0.1) is 0 Å². The van der Waals surface area contributed by atoms with Crippen molar-refractivity contribution < 1.29 is 4.92 Å². The maximum Gasteiger partial charge on any atom is 0.270 e. The molecule has 134 valence electrons. The molecule has 0 saturated heterocycles. The average molecular weight is 360 g/mol. The van der Waals surface area contributed by atoms with Crippen LogP contribution in [0.1, 0.15) is 24.1 Å². The minimum absolute atomic E-state index is 0.0549. The summed E-state index contributed by atoms with van der Waals surface area (Å²) in [6.07, 6.45) is 5.69. The van der Waals surface area contributed by atoms with E-state index in [1.54, 1.807) is 18.3 Å². The van der Waals surface area contributed by atoms with Crippen LogP contribution in [0.4, 0.5) is 17.2 Å². The van der Waals surface area contributed by atoms with E-state index < -0.39 is 0 Å². The number of aromatic amines is 1. The molecule has 4 aromatic rings. The number of nitrogens with one attached hydrogen (secondary N) is 2. The number of hydrogen-bond donors (Lipinski definition) is 2. The van der Waals surface area contributed by atoms with Crippen LogP contribution in [0.25, 0.3) is 21.9 Å². The van der Waals surface area contributed by atoms with E-state index >= 15 is 0 Å². The second-order valence-electron chi connectivity index (χ2n) is 6.68. The molecule has 0 bridgehead atoms. The van der Waals surface area contributed by atoms with Gasteiger partial charge in [0.1, 0.15) is 5.82 Å². The molecule has 0 radical (unpaired) electrons. The number of aromatic nitrogens is 4. The minimum atomic E-state index is -0.377. The average Bonchev–Trinajstić information content (AvgIpc) is 3.10. The highest BCUT2D eigenvalue weighted by Gasteiger charge is 2.21. The van der Waals surface area contributed by atoms with E-state index in [2.05, 4.69) is 20.5 Å². The van der Waals surface area contributed by atoms with Crippen LogP contribution in [0, 0.1) is 10.1 Å². The summed E-state index contributed by atoms with van der Waals surface area (Å²) in [5, 5.41) is 23.6. The molecule has 0 amide bonds. The van der Waals surface area contributed by atoms with Gasteiger partial charge in [-0.3, -0.25) is 20.2 Å². The predicted molar refractivity (Wildman–Crippen MR) is 102 cm³/mol. The summed E-state index contributed by atoms with van der Waals surface area (Å²) in [4.78, 5) is 19.9. The van der Waals surface area contributed by atoms with Crippen LogP contribution in [0.2, 0.25) is 0 Å². The summed E-state index contributed by atoms with van der Waals surface area (Å²) < 4.78 is 0. The van der Waals surface area contributed by atoms with E-state index in [4.69, 9.17) is 4.98 Å². The zero-order chi connectivity index (χ0) is 18.4. The molecule has 0 unspecified atom stereocenters. The molecule has 1 aliphatic rings. The monoisotopic (exact) mass is 360 g/mol. The SMILES string of the molecule is O=[N+]([O-])c1ccc2nc3c(c(Nc4[nH]nc5ncccc45)c2c1)CCCC3. The molecular weight excluding hydrogens is 344 g/mol. The van der Waals surface area contributed by atoms with Gasteiger partial charge in [-0.2, -0.15) is 5.10 Å². The number of nitro groups is 1. The molecule has 0 aliphatic heterocycles. The van der Waals surface area contributed by atoms with Gasteiger partial charge in [0.25, 0.3) is 5.69 Å². The Morgan fingerprint density at radius 2 is 2.04 bits per heavy atom. The lowest BCUT2D eigenvalue weighted by molar-refractivity contribution is -0.384. The van der Waals surface area contributed by atoms with Crippen molar-refractivity contribution in [1.29, 1.82) is 0 Å². The van der Waals surface area contributed by atoms with Gasteiger partial charge in [0.05, 0.1) is 21.5 Å². The lowest BCUT2D eigenvalue weighted by Crippen LogP contribution is -2.10. The number of benzene rings is 1. The summed E-state index contributed by atoms with van der Waals surface area (Å²) in [7, 11) is 0. The first kappa shape index (κ1) is 15.7. The van der Waals surface area contributed by atoms with Crippen molar-refractivity contribution in [3.63, 3.8) is 0 Å². The molecule has 8 heteroatoms. The largest absolute Gasteiger partial charge is 0.339 e. The van der Waals surface area contributed by atoms with Gasteiger partial charge in [0, 0.05) is 29.4 Å². The van der Waals surface area contributed by atoms with Crippen molar-refractivity contribution in [3.8, 4) is 0 Å². The van der Waals surface area contributed by atoms with Crippen LogP contribution in [0.15, 0.2) is 36.5 Å². The Kier molecular flexibility index (Phi) is 3.49. The molecule has 0 fully saturated rings. The number of H-pyrrole nitrogens is 1.